The molecule has 0 unspecified atom stereocenters. The van der Waals surface area contributed by atoms with E-state index in [0.717, 1.165) is 36.1 Å². The standard InChI is InChI=1S/C19H16FNO3/c1-11-3-2-4-15-12(5-7-14(11)15)9-18(22)21-17-8-6-13(20)10-16(17)19(23)24/h2-4,6,8-10H,5,7H2,1H3,(H,21,22)(H,23,24)/b12-9-. The third-order valence-corrected chi connectivity index (χ3v) is 4.18. The Morgan fingerprint density at radius 2 is 2.00 bits per heavy atom. The summed E-state index contributed by atoms with van der Waals surface area (Å²) in [6, 6.07) is 9.23. The number of hydrogen-bond donors (Lipinski definition) is 2. The van der Waals surface area contributed by atoms with Crippen molar-refractivity contribution in [1.29, 1.82) is 0 Å². The maximum atomic E-state index is 13.2. The highest BCUT2D eigenvalue weighted by Crippen LogP contribution is 2.34. The SMILES string of the molecule is Cc1cccc2c1CC/C2=C/C(=O)Nc1ccc(F)cc1C(=O)O. The van der Waals surface area contributed by atoms with E-state index in [9.17, 15) is 14.0 Å². The lowest BCUT2D eigenvalue weighted by molar-refractivity contribution is -0.111. The Balaban J connectivity index is 1.86. The molecule has 2 aromatic rings. The van der Waals surface area contributed by atoms with Gasteiger partial charge < -0.3 is 10.4 Å². The van der Waals surface area contributed by atoms with Crippen LogP contribution in [0.25, 0.3) is 5.57 Å². The van der Waals surface area contributed by atoms with Crippen molar-refractivity contribution in [3.8, 4) is 0 Å². The van der Waals surface area contributed by atoms with E-state index in [1.807, 2.05) is 25.1 Å². The molecule has 0 radical (unpaired) electrons. The highest BCUT2D eigenvalue weighted by Gasteiger charge is 2.19. The second-order valence-corrected chi connectivity index (χ2v) is 5.75. The van der Waals surface area contributed by atoms with Gasteiger partial charge in [-0.05, 0) is 60.2 Å². The van der Waals surface area contributed by atoms with E-state index in [1.165, 1.54) is 23.3 Å². The Morgan fingerprint density at radius 1 is 1.21 bits per heavy atom. The molecule has 2 N–H and O–H groups in total. The van der Waals surface area contributed by atoms with Gasteiger partial charge in [0.2, 0.25) is 5.91 Å². The topological polar surface area (TPSA) is 66.4 Å². The minimum atomic E-state index is -1.29. The van der Waals surface area contributed by atoms with Gasteiger partial charge in [0.25, 0.3) is 0 Å². The summed E-state index contributed by atoms with van der Waals surface area (Å²) in [5.74, 6) is -2.38. The number of allylic oxidation sites excluding steroid dienone is 1. The minimum absolute atomic E-state index is 0.0770. The largest absolute Gasteiger partial charge is 0.478 e. The average molecular weight is 325 g/mol. The van der Waals surface area contributed by atoms with E-state index in [4.69, 9.17) is 5.11 Å². The highest BCUT2D eigenvalue weighted by molar-refractivity contribution is 6.07. The summed E-state index contributed by atoms with van der Waals surface area (Å²) < 4.78 is 13.2. The van der Waals surface area contributed by atoms with Crippen LogP contribution in [0.3, 0.4) is 0 Å². The van der Waals surface area contributed by atoms with Gasteiger partial charge in [0, 0.05) is 6.08 Å². The van der Waals surface area contributed by atoms with Gasteiger partial charge in [-0.25, -0.2) is 9.18 Å². The quantitative estimate of drug-likeness (QED) is 0.844. The van der Waals surface area contributed by atoms with Crippen molar-refractivity contribution in [1.82, 2.24) is 0 Å². The number of aryl methyl sites for hydroxylation is 1. The van der Waals surface area contributed by atoms with E-state index in [-0.39, 0.29) is 11.3 Å². The molecule has 1 aliphatic rings. The fourth-order valence-electron chi connectivity index (χ4n) is 3.01. The Morgan fingerprint density at radius 3 is 2.75 bits per heavy atom. The number of carbonyl (C=O) groups is 2. The van der Waals surface area contributed by atoms with Gasteiger partial charge in [0.05, 0.1) is 11.3 Å². The highest BCUT2D eigenvalue weighted by atomic mass is 19.1. The zero-order chi connectivity index (χ0) is 17.3. The maximum Gasteiger partial charge on any atom is 0.337 e. The van der Waals surface area contributed by atoms with Gasteiger partial charge in [0.15, 0.2) is 0 Å². The zero-order valence-corrected chi connectivity index (χ0v) is 13.1. The first-order valence-corrected chi connectivity index (χ1v) is 7.59. The third-order valence-electron chi connectivity index (χ3n) is 4.18. The molecule has 0 aliphatic heterocycles. The van der Waals surface area contributed by atoms with E-state index in [0.29, 0.717) is 0 Å². The molecule has 1 aliphatic carbocycles. The summed E-state index contributed by atoms with van der Waals surface area (Å²) in [5, 5.41) is 11.6. The van der Waals surface area contributed by atoms with Gasteiger partial charge in [-0.15, -0.1) is 0 Å². The first kappa shape index (κ1) is 15.9. The molecule has 0 saturated heterocycles. The van der Waals surface area contributed by atoms with Gasteiger partial charge >= 0.3 is 5.97 Å². The van der Waals surface area contributed by atoms with Crippen LogP contribution in [0.1, 0.15) is 33.5 Å². The molecule has 24 heavy (non-hydrogen) atoms. The van der Waals surface area contributed by atoms with Gasteiger partial charge in [-0.3, -0.25) is 4.79 Å². The molecule has 0 atom stereocenters. The number of carboxylic acid groups (broad SMARTS) is 1. The summed E-state index contributed by atoms with van der Waals surface area (Å²) in [6.45, 7) is 2.04. The van der Waals surface area contributed by atoms with Crippen molar-refractivity contribution < 1.29 is 19.1 Å². The van der Waals surface area contributed by atoms with Crippen LogP contribution in [0.5, 0.6) is 0 Å². The summed E-state index contributed by atoms with van der Waals surface area (Å²) >= 11 is 0. The Bertz CT molecular complexity index is 871. The van der Waals surface area contributed by atoms with Gasteiger partial charge in [-0.1, -0.05) is 18.2 Å². The lowest BCUT2D eigenvalue weighted by Gasteiger charge is -2.08. The number of halogens is 1. The Kier molecular flexibility index (Phi) is 4.16. The van der Waals surface area contributed by atoms with Crippen molar-refractivity contribution in [2.45, 2.75) is 19.8 Å². The van der Waals surface area contributed by atoms with Crippen LogP contribution in [0.4, 0.5) is 10.1 Å². The molecule has 0 fully saturated rings. The number of amides is 1. The summed E-state index contributed by atoms with van der Waals surface area (Å²) in [6.07, 6.45) is 3.14. The summed E-state index contributed by atoms with van der Waals surface area (Å²) in [4.78, 5) is 23.4. The minimum Gasteiger partial charge on any atom is -0.478 e. The molecular weight excluding hydrogens is 309 g/mol. The lowest BCUT2D eigenvalue weighted by atomic mass is 10.0. The van der Waals surface area contributed by atoms with E-state index in [2.05, 4.69) is 5.32 Å². The first-order chi connectivity index (χ1) is 11.5. The van der Waals surface area contributed by atoms with Gasteiger partial charge in [-0.2, -0.15) is 0 Å². The fraction of sp³-hybridized carbons (Fsp3) is 0.158. The number of rotatable bonds is 3. The molecule has 5 heteroatoms. The van der Waals surface area contributed by atoms with Crippen molar-refractivity contribution in [2.75, 3.05) is 5.32 Å². The molecule has 4 nitrogen and oxygen atoms in total. The zero-order valence-electron chi connectivity index (χ0n) is 13.1. The molecule has 1 amide bonds. The number of carboxylic acids is 1. The van der Waals surface area contributed by atoms with E-state index >= 15 is 0 Å². The van der Waals surface area contributed by atoms with Crippen LogP contribution in [0.15, 0.2) is 42.5 Å². The molecule has 0 heterocycles. The Hall–Kier alpha value is -2.95. The smallest absolute Gasteiger partial charge is 0.337 e. The molecular formula is C19H16FNO3. The van der Waals surface area contributed by atoms with Crippen molar-refractivity contribution in [2.24, 2.45) is 0 Å². The van der Waals surface area contributed by atoms with Crippen molar-refractivity contribution in [3.05, 3.63) is 70.5 Å². The number of anilines is 1. The Labute approximate surface area is 138 Å². The van der Waals surface area contributed by atoms with Crippen LogP contribution in [-0.2, 0) is 11.2 Å². The van der Waals surface area contributed by atoms with Crippen LogP contribution in [0, 0.1) is 12.7 Å². The number of carbonyl (C=O) groups excluding carboxylic acids is 1. The molecule has 0 spiro atoms. The van der Waals surface area contributed by atoms with Gasteiger partial charge in [0.1, 0.15) is 5.82 Å². The summed E-state index contributed by atoms with van der Waals surface area (Å²) in [7, 11) is 0. The number of fused-ring (bicyclic) bond motifs is 1. The van der Waals surface area contributed by atoms with E-state index < -0.39 is 17.7 Å². The number of nitrogens with one attached hydrogen (secondary N) is 1. The molecule has 0 aromatic heterocycles. The van der Waals surface area contributed by atoms with Crippen LogP contribution >= 0.6 is 0 Å². The van der Waals surface area contributed by atoms with Crippen molar-refractivity contribution in [3.63, 3.8) is 0 Å². The van der Waals surface area contributed by atoms with Crippen LogP contribution < -0.4 is 5.32 Å². The molecule has 0 saturated carbocycles. The lowest BCUT2D eigenvalue weighted by Crippen LogP contribution is -2.12. The predicted octanol–water partition coefficient (Wildman–Crippen LogP) is 3.80. The maximum absolute atomic E-state index is 13.2. The predicted molar refractivity (Wildman–Crippen MR) is 89.5 cm³/mol. The fourth-order valence-corrected chi connectivity index (χ4v) is 3.01. The van der Waals surface area contributed by atoms with Crippen LogP contribution in [0.2, 0.25) is 0 Å². The first-order valence-electron chi connectivity index (χ1n) is 7.59. The number of hydrogen-bond acceptors (Lipinski definition) is 2. The second kappa shape index (κ2) is 6.28. The molecule has 122 valence electrons. The normalized spacial score (nSPS) is 14.5. The number of benzene rings is 2. The second-order valence-electron chi connectivity index (χ2n) is 5.75. The molecule has 0 bridgehead atoms. The molecule has 3 rings (SSSR count). The molecule has 2 aromatic carbocycles. The third kappa shape index (κ3) is 3.06. The van der Waals surface area contributed by atoms with Crippen LogP contribution in [-0.4, -0.2) is 17.0 Å². The summed E-state index contributed by atoms with van der Waals surface area (Å²) in [5.41, 5.74) is 4.22. The van der Waals surface area contributed by atoms with E-state index in [1.54, 1.807) is 0 Å². The number of aromatic carboxylic acids is 1. The average Bonchev–Trinajstić information content (AvgIpc) is 2.93. The monoisotopic (exact) mass is 325 g/mol. The van der Waals surface area contributed by atoms with Crippen molar-refractivity contribution >= 4 is 23.1 Å².